The molecule has 0 spiro atoms. The molecule has 0 unspecified atom stereocenters. The number of hydrogen-bond donors (Lipinski definition) is 1. The molecule has 3 heteroatoms. The predicted octanol–water partition coefficient (Wildman–Crippen LogP) is 3.22. The van der Waals surface area contributed by atoms with Crippen molar-refractivity contribution in [2.24, 2.45) is 5.92 Å². The fraction of sp³-hybridized carbons (Fsp3) is 0.267. The molecule has 2 aromatic rings. The fourth-order valence-electron chi connectivity index (χ4n) is 2.17. The van der Waals surface area contributed by atoms with Gasteiger partial charge in [0.05, 0.1) is 0 Å². The summed E-state index contributed by atoms with van der Waals surface area (Å²) >= 11 is 0. The largest absolute Gasteiger partial charge is 0.326 e. The summed E-state index contributed by atoms with van der Waals surface area (Å²) in [5.74, 6) is 0.381. The number of hydrogen-bond acceptors (Lipinski definition) is 1. The first-order chi connectivity index (χ1) is 8.83. The average Bonchev–Trinajstić information content (AvgIpc) is 2.80. The Bertz CT molecular complexity index is 541. The molecule has 1 fully saturated rings. The van der Waals surface area contributed by atoms with Crippen molar-refractivity contribution in [2.75, 3.05) is 5.32 Å². The van der Waals surface area contributed by atoms with Gasteiger partial charge in [-0.25, -0.2) is 0 Å². The van der Waals surface area contributed by atoms with E-state index < -0.39 is 0 Å². The van der Waals surface area contributed by atoms with Crippen LogP contribution in [0.1, 0.15) is 19.3 Å². The third-order valence-electron chi connectivity index (χ3n) is 3.49. The number of amides is 1. The molecule has 1 aromatic carbocycles. The first-order valence-electron chi connectivity index (χ1n) is 6.37. The molecule has 1 heterocycles. The van der Waals surface area contributed by atoms with Crippen LogP contribution in [0.2, 0.25) is 0 Å². The van der Waals surface area contributed by atoms with Crippen molar-refractivity contribution in [3.05, 3.63) is 48.8 Å². The lowest BCUT2D eigenvalue weighted by Gasteiger charge is -2.24. The Labute approximate surface area is 106 Å². The maximum absolute atomic E-state index is 11.9. The molecule has 0 radical (unpaired) electrons. The van der Waals surface area contributed by atoms with Crippen LogP contribution in [0.3, 0.4) is 0 Å². The summed E-state index contributed by atoms with van der Waals surface area (Å²) in [5, 5.41) is 2.99. The van der Waals surface area contributed by atoms with E-state index in [2.05, 4.69) is 5.32 Å². The fourth-order valence-corrected chi connectivity index (χ4v) is 2.17. The summed E-state index contributed by atoms with van der Waals surface area (Å²) in [4.78, 5) is 11.9. The SMILES string of the molecule is O=C(Nc1cccc(-n2cccc2)c1)C1CCC1. The number of benzene rings is 1. The maximum Gasteiger partial charge on any atom is 0.227 e. The van der Waals surface area contributed by atoms with Gasteiger partial charge in [0.25, 0.3) is 0 Å². The first-order valence-corrected chi connectivity index (χ1v) is 6.37. The molecule has 3 rings (SSSR count). The molecule has 1 aliphatic carbocycles. The first kappa shape index (κ1) is 11.1. The van der Waals surface area contributed by atoms with Gasteiger partial charge in [0, 0.05) is 29.7 Å². The Morgan fingerprint density at radius 1 is 1.17 bits per heavy atom. The van der Waals surface area contributed by atoms with Crippen LogP contribution < -0.4 is 5.32 Å². The minimum atomic E-state index is 0.158. The lowest BCUT2D eigenvalue weighted by atomic mass is 9.85. The van der Waals surface area contributed by atoms with E-state index in [9.17, 15) is 4.79 Å². The van der Waals surface area contributed by atoms with Gasteiger partial charge < -0.3 is 9.88 Å². The van der Waals surface area contributed by atoms with E-state index in [4.69, 9.17) is 0 Å². The number of aromatic nitrogens is 1. The summed E-state index contributed by atoms with van der Waals surface area (Å²) < 4.78 is 2.03. The highest BCUT2D eigenvalue weighted by Gasteiger charge is 2.25. The van der Waals surface area contributed by atoms with Gasteiger partial charge in [0.1, 0.15) is 0 Å². The van der Waals surface area contributed by atoms with Crippen molar-refractivity contribution in [3.8, 4) is 5.69 Å². The molecule has 1 amide bonds. The topological polar surface area (TPSA) is 34.0 Å². The standard InChI is InChI=1S/C15H16N2O/c18-15(12-5-3-6-12)16-13-7-4-8-14(11-13)17-9-1-2-10-17/h1-2,4,7-12H,3,5-6H2,(H,16,18). The van der Waals surface area contributed by atoms with Gasteiger partial charge in [-0.1, -0.05) is 12.5 Å². The van der Waals surface area contributed by atoms with Gasteiger partial charge in [0.2, 0.25) is 5.91 Å². The van der Waals surface area contributed by atoms with Crippen molar-refractivity contribution >= 4 is 11.6 Å². The van der Waals surface area contributed by atoms with Crippen LogP contribution in [0, 0.1) is 5.92 Å². The monoisotopic (exact) mass is 240 g/mol. The summed E-state index contributed by atoms with van der Waals surface area (Å²) in [6.45, 7) is 0. The van der Waals surface area contributed by atoms with E-state index >= 15 is 0 Å². The van der Waals surface area contributed by atoms with Crippen LogP contribution in [-0.2, 0) is 4.79 Å². The molecule has 0 bridgehead atoms. The van der Waals surface area contributed by atoms with Crippen LogP contribution >= 0.6 is 0 Å². The third kappa shape index (κ3) is 2.16. The lowest BCUT2D eigenvalue weighted by molar-refractivity contribution is -0.122. The molecule has 92 valence electrons. The molecule has 0 aliphatic heterocycles. The molecule has 0 saturated heterocycles. The lowest BCUT2D eigenvalue weighted by Crippen LogP contribution is -2.28. The van der Waals surface area contributed by atoms with Crippen LogP contribution in [-0.4, -0.2) is 10.5 Å². The summed E-state index contributed by atoms with van der Waals surface area (Å²) in [5.41, 5.74) is 1.93. The molecule has 0 atom stereocenters. The second-order valence-corrected chi connectivity index (χ2v) is 4.76. The number of carbonyl (C=O) groups is 1. The molecular weight excluding hydrogens is 224 g/mol. The van der Waals surface area contributed by atoms with E-state index in [1.807, 2.05) is 53.4 Å². The minimum absolute atomic E-state index is 0.158. The number of rotatable bonds is 3. The minimum Gasteiger partial charge on any atom is -0.326 e. The van der Waals surface area contributed by atoms with E-state index in [0.29, 0.717) is 0 Å². The normalized spacial score (nSPS) is 15.1. The van der Waals surface area contributed by atoms with E-state index in [0.717, 1.165) is 24.2 Å². The Kier molecular flexibility index (Phi) is 2.89. The van der Waals surface area contributed by atoms with Gasteiger partial charge in [0.15, 0.2) is 0 Å². The van der Waals surface area contributed by atoms with Gasteiger partial charge in [-0.15, -0.1) is 0 Å². The van der Waals surface area contributed by atoms with Crippen molar-refractivity contribution in [3.63, 3.8) is 0 Å². The van der Waals surface area contributed by atoms with Crippen LogP contribution in [0.25, 0.3) is 5.69 Å². The maximum atomic E-state index is 11.9. The summed E-state index contributed by atoms with van der Waals surface area (Å²) in [6.07, 6.45) is 7.23. The zero-order valence-electron chi connectivity index (χ0n) is 10.2. The second kappa shape index (κ2) is 4.69. The van der Waals surface area contributed by atoms with Crippen molar-refractivity contribution < 1.29 is 4.79 Å². The van der Waals surface area contributed by atoms with E-state index in [1.165, 1.54) is 6.42 Å². The van der Waals surface area contributed by atoms with Crippen LogP contribution in [0.5, 0.6) is 0 Å². The highest BCUT2D eigenvalue weighted by Crippen LogP contribution is 2.27. The highest BCUT2D eigenvalue weighted by molar-refractivity contribution is 5.93. The Hall–Kier alpha value is -2.03. The number of carbonyl (C=O) groups excluding carboxylic acids is 1. The second-order valence-electron chi connectivity index (χ2n) is 4.76. The zero-order valence-corrected chi connectivity index (χ0v) is 10.2. The van der Waals surface area contributed by atoms with E-state index in [-0.39, 0.29) is 11.8 Å². The molecular formula is C15H16N2O. The molecule has 1 N–H and O–H groups in total. The molecule has 1 aliphatic rings. The van der Waals surface area contributed by atoms with Crippen molar-refractivity contribution in [2.45, 2.75) is 19.3 Å². The third-order valence-corrected chi connectivity index (χ3v) is 3.49. The zero-order chi connectivity index (χ0) is 12.4. The Morgan fingerprint density at radius 2 is 1.94 bits per heavy atom. The average molecular weight is 240 g/mol. The molecule has 18 heavy (non-hydrogen) atoms. The molecule has 1 aromatic heterocycles. The van der Waals surface area contributed by atoms with Gasteiger partial charge >= 0.3 is 0 Å². The highest BCUT2D eigenvalue weighted by atomic mass is 16.1. The number of anilines is 1. The van der Waals surface area contributed by atoms with Crippen LogP contribution in [0.4, 0.5) is 5.69 Å². The number of nitrogens with one attached hydrogen (secondary N) is 1. The number of nitrogens with zero attached hydrogens (tertiary/aromatic N) is 1. The smallest absolute Gasteiger partial charge is 0.227 e. The Morgan fingerprint density at radius 3 is 2.61 bits per heavy atom. The van der Waals surface area contributed by atoms with Crippen molar-refractivity contribution in [1.29, 1.82) is 0 Å². The van der Waals surface area contributed by atoms with Gasteiger partial charge in [-0.3, -0.25) is 4.79 Å². The summed E-state index contributed by atoms with van der Waals surface area (Å²) in [7, 11) is 0. The van der Waals surface area contributed by atoms with Gasteiger partial charge in [-0.05, 0) is 43.2 Å². The molecule has 3 nitrogen and oxygen atoms in total. The van der Waals surface area contributed by atoms with Crippen LogP contribution in [0.15, 0.2) is 48.8 Å². The predicted molar refractivity (Wildman–Crippen MR) is 71.7 cm³/mol. The van der Waals surface area contributed by atoms with Gasteiger partial charge in [-0.2, -0.15) is 0 Å². The quantitative estimate of drug-likeness (QED) is 0.878. The molecule has 1 saturated carbocycles. The summed E-state index contributed by atoms with van der Waals surface area (Å²) in [6, 6.07) is 11.9. The van der Waals surface area contributed by atoms with Crippen molar-refractivity contribution in [1.82, 2.24) is 4.57 Å². The Balaban J connectivity index is 1.76. The van der Waals surface area contributed by atoms with E-state index in [1.54, 1.807) is 0 Å².